The van der Waals surface area contributed by atoms with Crippen molar-refractivity contribution in [3.63, 3.8) is 0 Å². The standard InChI is InChI=1S/C10H5Cl3N2OS/c11-5-1-7(13)8(2-6(5)12)15-10(16)9-3-17-4-14-9/h1-4H,(H,15,16). The fourth-order valence-corrected chi connectivity index (χ4v) is 2.26. The lowest BCUT2D eigenvalue weighted by atomic mass is 10.3. The molecule has 1 aromatic heterocycles. The summed E-state index contributed by atoms with van der Waals surface area (Å²) in [6.45, 7) is 0. The highest BCUT2D eigenvalue weighted by atomic mass is 35.5. The Balaban J connectivity index is 2.25. The van der Waals surface area contributed by atoms with Crippen LogP contribution in [0, 0.1) is 0 Å². The lowest BCUT2D eigenvalue weighted by Crippen LogP contribution is -2.12. The Bertz CT molecular complexity index is 557. The van der Waals surface area contributed by atoms with E-state index in [1.165, 1.54) is 23.5 Å². The molecule has 3 nitrogen and oxygen atoms in total. The molecule has 2 rings (SSSR count). The van der Waals surface area contributed by atoms with Crippen molar-refractivity contribution in [1.29, 1.82) is 0 Å². The van der Waals surface area contributed by atoms with Gasteiger partial charge in [-0.15, -0.1) is 11.3 Å². The van der Waals surface area contributed by atoms with Gasteiger partial charge in [-0.1, -0.05) is 34.8 Å². The van der Waals surface area contributed by atoms with Crippen LogP contribution in [0.1, 0.15) is 10.5 Å². The van der Waals surface area contributed by atoms with Crippen LogP contribution in [0.25, 0.3) is 0 Å². The molecule has 1 amide bonds. The van der Waals surface area contributed by atoms with E-state index in [4.69, 9.17) is 34.8 Å². The van der Waals surface area contributed by atoms with Gasteiger partial charge in [-0.05, 0) is 12.1 Å². The maximum Gasteiger partial charge on any atom is 0.275 e. The molecule has 0 unspecified atom stereocenters. The molecule has 17 heavy (non-hydrogen) atoms. The van der Waals surface area contributed by atoms with Gasteiger partial charge in [0.15, 0.2) is 0 Å². The molecule has 0 saturated heterocycles. The fraction of sp³-hybridized carbons (Fsp3) is 0. The Labute approximate surface area is 116 Å². The Morgan fingerprint density at radius 2 is 1.88 bits per heavy atom. The first-order chi connectivity index (χ1) is 8.08. The number of hydrogen-bond donors (Lipinski definition) is 1. The highest BCUT2D eigenvalue weighted by molar-refractivity contribution is 7.07. The first kappa shape index (κ1) is 12.6. The number of anilines is 1. The summed E-state index contributed by atoms with van der Waals surface area (Å²) in [5.41, 5.74) is 2.31. The van der Waals surface area contributed by atoms with E-state index >= 15 is 0 Å². The lowest BCUT2D eigenvalue weighted by Gasteiger charge is -2.07. The predicted molar refractivity (Wildman–Crippen MR) is 71.5 cm³/mol. The van der Waals surface area contributed by atoms with Crippen LogP contribution in [-0.4, -0.2) is 10.9 Å². The highest BCUT2D eigenvalue weighted by Crippen LogP contribution is 2.32. The van der Waals surface area contributed by atoms with Crippen LogP contribution in [0.2, 0.25) is 15.1 Å². The van der Waals surface area contributed by atoms with Gasteiger partial charge in [0.2, 0.25) is 0 Å². The minimum Gasteiger partial charge on any atom is -0.319 e. The van der Waals surface area contributed by atoms with E-state index in [1.807, 2.05) is 0 Å². The third kappa shape index (κ3) is 2.90. The quantitative estimate of drug-likeness (QED) is 0.838. The Hall–Kier alpha value is -0.810. The molecule has 88 valence electrons. The third-order valence-corrected chi connectivity index (χ3v) is 3.54. The monoisotopic (exact) mass is 306 g/mol. The summed E-state index contributed by atoms with van der Waals surface area (Å²) in [5, 5.41) is 5.23. The van der Waals surface area contributed by atoms with Crippen LogP contribution in [0.15, 0.2) is 23.0 Å². The average Bonchev–Trinajstić information content (AvgIpc) is 2.79. The van der Waals surface area contributed by atoms with Crippen LogP contribution >= 0.6 is 46.1 Å². The number of carbonyl (C=O) groups excluding carboxylic acids is 1. The van der Waals surface area contributed by atoms with Gasteiger partial charge in [0.25, 0.3) is 5.91 Å². The molecule has 0 fully saturated rings. The van der Waals surface area contributed by atoms with E-state index in [1.54, 1.807) is 10.9 Å². The first-order valence-corrected chi connectivity index (χ1v) is 6.49. The zero-order chi connectivity index (χ0) is 12.4. The smallest absolute Gasteiger partial charge is 0.275 e. The van der Waals surface area contributed by atoms with Gasteiger partial charge >= 0.3 is 0 Å². The molecule has 7 heteroatoms. The summed E-state index contributed by atoms with van der Waals surface area (Å²) in [5.74, 6) is -0.341. The van der Waals surface area contributed by atoms with Crippen molar-refractivity contribution in [3.05, 3.63) is 43.8 Å². The SMILES string of the molecule is O=C(Nc1cc(Cl)c(Cl)cc1Cl)c1cscn1. The van der Waals surface area contributed by atoms with Gasteiger partial charge in [-0.25, -0.2) is 4.98 Å². The van der Waals surface area contributed by atoms with Crippen LogP contribution < -0.4 is 5.32 Å². The van der Waals surface area contributed by atoms with Crippen molar-refractivity contribution < 1.29 is 4.79 Å². The van der Waals surface area contributed by atoms with E-state index in [0.717, 1.165) is 0 Å². The minimum atomic E-state index is -0.341. The number of nitrogens with one attached hydrogen (secondary N) is 1. The topological polar surface area (TPSA) is 42.0 Å². The summed E-state index contributed by atoms with van der Waals surface area (Å²) in [6, 6.07) is 2.97. The van der Waals surface area contributed by atoms with Crippen LogP contribution in [0.3, 0.4) is 0 Å². The third-order valence-electron chi connectivity index (χ3n) is 1.92. The highest BCUT2D eigenvalue weighted by Gasteiger charge is 2.12. The van der Waals surface area contributed by atoms with Crippen molar-refractivity contribution in [3.8, 4) is 0 Å². The molecule has 0 aliphatic heterocycles. The van der Waals surface area contributed by atoms with Crippen molar-refractivity contribution in [2.24, 2.45) is 0 Å². The van der Waals surface area contributed by atoms with E-state index in [0.29, 0.717) is 26.4 Å². The number of rotatable bonds is 2. The number of amides is 1. The van der Waals surface area contributed by atoms with Crippen LogP contribution in [0.5, 0.6) is 0 Å². The summed E-state index contributed by atoms with van der Waals surface area (Å²) in [7, 11) is 0. The maximum absolute atomic E-state index is 11.7. The van der Waals surface area contributed by atoms with E-state index < -0.39 is 0 Å². The Kier molecular flexibility index (Phi) is 3.89. The maximum atomic E-state index is 11.7. The summed E-state index contributed by atoms with van der Waals surface area (Å²) in [6.07, 6.45) is 0. The van der Waals surface area contributed by atoms with Gasteiger partial charge in [0.1, 0.15) is 5.69 Å². The second-order valence-electron chi connectivity index (χ2n) is 3.07. The number of halogens is 3. The van der Waals surface area contributed by atoms with Crippen molar-refractivity contribution in [1.82, 2.24) is 4.98 Å². The number of carbonyl (C=O) groups is 1. The molecular weight excluding hydrogens is 303 g/mol. The van der Waals surface area contributed by atoms with E-state index in [-0.39, 0.29) is 5.91 Å². The van der Waals surface area contributed by atoms with Crippen molar-refractivity contribution >= 4 is 57.7 Å². The molecule has 0 atom stereocenters. The molecule has 0 spiro atoms. The van der Waals surface area contributed by atoms with Gasteiger partial charge in [0.05, 0.1) is 26.3 Å². The minimum absolute atomic E-state index is 0.322. The normalized spacial score (nSPS) is 10.3. The number of thiazole rings is 1. The van der Waals surface area contributed by atoms with Crippen LogP contribution in [0.4, 0.5) is 5.69 Å². The van der Waals surface area contributed by atoms with Crippen molar-refractivity contribution in [2.75, 3.05) is 5.32 Å². The van der Waals surface area contributed by atoms with Gasteiger partial charge in [-0.2, -0.15) is 0 Å². The molecule has 0 bridgehead atoms. The fourth-order valence-electron chi connectivity index (χ4n) is 1.13. The number of aromatic nitrogens is 1. The molecule has 0 radical (unpaired) electrons. The zero-order valence-electron chi connectivity index (χ0n) is 8.21. The van der Waals surface area contributed by atoms with Gasteiger partial charge in [0, 0.05) is 5.38 Å². The number of nitrogens with zero attached hydrogens (tertiary/aromatic N) is 1. The van der Waals surface area contributed by atoms with Crippen LogP contribution in [-0.2, 0) is 0 Å². The molecule has 0 aliphatic rings. The Morgan fingerprint density at radius 1 is 1.18 bits per heavy atom. The lowest BCUT2D eigenvalue weighted by molar-refractivity contribution is 0.102. The first-order valence-electron chi connectivity index (χ1n) is 4.42. The summed E-state index contributed by atoms with van der Waals surface area (Å²) >= 11 is 18.9. The van der Waals surface area contributed by atoms with Gasteiger partial charge in [-0.3, -0.25) is 4.79 Å². The molecule has 0 saturated carbocycles. The second kappa shape index (κ2) is 5.23. The second-order valence-corrected chi connectivity index (χ2v) is 5.01. The molecule has 1 heterocycles. The molecule has 1 N–H and O–H groups in total. The van der Waals surface area contributed by atoms with E-state index in [9.17, 15) is 4.79 Å². The predicted octanol–water partition coefficient (Wildman–Crippen LogP) is 4.36. The van der Waals surface area contributed by atoms with Crippen molar-refractivity contribution in [2.45, 2.75) is 0 Å². The molecular formula is C10H5Cl3N2OS. The Morgan fingerprint density at radius 3 is 2.53 bits per heavy atom. The average molecular weight is 308 g/mol. The molecule has 2 aromatic rings. The summed E-state index contributed by atoms with van der Waals surface area (Å²) < 4.78 is 0. The largest absolute Gasteiger partial charge is 0.319 e. The summed E-state index contributed by atoms with van der Waals surface area (Å²) in [4.78, 5) is 15.6. The van der Waals surface area contributed by atoms with E-state index in [2.05, 4.69) is 10.3 Å². The zero-order valence-corrected chi connectivity index (χ0v) is 11.3. The number of benzene rings is 1. The van der Waals surface area contributed by atoms with Gasteiger partial charge < -0.3 is 5.32 Å². The number of hydrogen-bond acceptors (Lipinski definition) is 3. The molecule has 0 aliphatic carbocycles. The molecule has 1 aromatic carbocycles.